The first-order valence-electron chi connectivity index (χ1n) is 6.15. The van der Waals surface area contributed by atoms with Crippen molar-refractivity contribution >= 4 is 5.69 Å². The first-order chi connectivity index (χ1) is 9.54. The van der Waals surface area contributed by atoms with Gasteiger partial charge in [-0.25, -0.2) is 0 Å². The fourth-order valence-electron chi connectivity index (χ4n) is 1.83. The normalized spacial score (nSPS) is 12.2. The van der Waals surface area contributed by atoms with Gasteiger partial charge in [-0.05, 0) is 48.9 Å². The van der Waals surface area contributed by atoms with Crippen LogP contribution in [0, 0.1) is 0 Å². The molecule has 0 spiro atoms. The molecule has 0 aliphatic heterocycles. The van der Waals surface area contributed by atoms with Crippen molar-refractivity contribution < 1.29 is 18.6 Å². The van der Waals surface area contributed by atoms with Crippen LogP contribution in [0.1, 0.15) is 18.5 Å². The van der Waals surface area contributed by atoms with Crippen LogP contribution in [0.5, 0.6) is 11.5 Å². The smallest absolute Gasteiger partial charge is 0.387 e. The summed E-state index contributed by atoms with van der Waals surface area (Å²) in [5.74, 6) is 0.345. The van der Waals surface area contributed by atoms with Gasteiger partial charge in [0.15, 0.2) is 0 Å². The molecule has 0 heterocycles. The highest BCUT2D eigenvalue weighted by atomic mass is 19.3. The van der Waals surface area contributed by atoms with Gasteiger partial charge in [0, 0.05) is 11.7 Å². The highest BCUT2D eigenvalue weighted by Gasteiger charge is 2.07. The molecule has 2 aromatic rings. The summed E-state index contributed by atoms with van der Waals surface area (Å²) in [4.78, 5) is 0. The molecule has 0 bridgehead atoms. The van der Waals surface area contributed by atoms with Crippen LogP contribution in [0.2, 0.25) is 0 Å². The van der Waals surface area contributed by atoms with Crippen LogP contribution in [-0.4, -0.2) is 11.7 Å². The van der Waals surface area contributed by atoms with Crippen molar-refractivity contribution in [3.63, 3.8) is 0 Å². The van der Waals surface area contributed by atoms with E-state index >= 15 is 0 Å². The number of hydrogen-bond acceptors (Lipinski definition) is 3. The molecular formula is C15H15F2NO2. The van der Waals surface area contributed by atoms with E-state index in [-0.39, 0.29) is 17.5 Å². The Kier molecular flexibility index (Phi) is 4.40. The number of hydrogen-bond donors (Lipinski definition) is 2. The number of rotatable bonds is 5. The molecule has 0 aliphatic rings. The van der Waals surface area contributed by atoms with E-state index in [2.05, 4.69) is 10.1 Å². The van der Waals surface area contributed by atoms with E-state index in [4.69, 9.17) is 0 Å². The quantitative estimate of drug-likeness (QED) is 0.863. The standard InChI is InChI=1S/C15H15F2NO2/c1-10(11-2-6-13(19)7-3-11)18-12-4-8-14(9-5-12)20-15(16)17/h2-10,15,18-19H,1H3. The fourth-order valence-corrected chi connectivity index (χ4v) is 1.83. The first-order valence-corrected chi connectivity index (χ1v) is 6.15. The Bertz CT molecular complexity index is 541. The lowest BCUT2D eigenvalue weighted by atomic mass is 10.1. The van der Waals surface area contributed by atoms with Gasteiger partial charge < -0.3 is 15.2 Å². The van der Waals surface area contributed by atoms with Crippen molar-refractivity contribution in [1.29, 1.82) is 0 Å². The minimum Gasteiger partial charge on any atom is -0.508 e. The molecule has 0 radical (unpaired) electrons. The molecule has 0 saturated carbocycles. The van der Waals surface area contributed by atoms with Gasteiger partial charge >= 0.3 is 6.61 Å². The molecule has 2 N–H and O–H groups in total. The van der Waals surface area contributed by atoms with Crippen molar-refractivity contribution in [2.24, 2.45) is 0 Å². The summed E-state index contributed by atoms with van der Waals surface area (Å²) in [6, 6.07) is 13.2. The second-order valence-electron chi connectivity index (χ2n) is 4.36. The number of phenolic OH excluding ortho intramolecular Hbond substituents is 1. The molecule has 2 rings (SSSR count). The van der Waals surface area contributed by atoms with Crippen molar-refractivity contribution in [2.45, 2.75) is 19.6 Å². The zero-order valence-electron chi connectivity index (χ0n) is 10.9. The van der Waals surface area contributed by atoms with Gasteiger partial charge in [-0.1, -0.05) is 12.1 Å². The predicted molar refractivity (Wildman–Crippen MR) is 73.2 cm³/mol. The minimum absolute atomic E-state index is 0.0254. The Labute approximate surface area is 115 Å². The highest BCUT2D eigenvalue weighted by molar-refractivity contribution is 5.48. The number of nitrogens with one attached hydrogen (secondary N) is 1. The molecule has 0 fully saturated rings. The number of phenols is 1. The van der Waals surface area contributed by atoms with E-state index in [1.165, 1.54) is 12.1 Å². The third-order valence-electron chi connectivity index (χ3n) is 2.86. The van der Waals surface area contributed by atoms with Gasteiger partial charge in [0.05, 0.1) is 0 Å². The number of halogens is 2. The predicted octanol–water partition coefficient (Wildman–Crippen LogP) is 4.17. The molecule has 5 heteroatoms. The average Bonchev–Trinajstić information content (AvgIpc) is 2.41. The van der Waals surface area contributed by atoms with Crippen molar-refractivity contribution in [2.75, 3.05) is 5.32 Å². The summed E-state index contributed by atoms with van der Waals surface area (Å²) in [6.45, 7) is -0.847. The van der Waals surface area contributed by atoms with Crippen LogP contribution in [0.15, 0.2) is 48.5 Å². The van der Waals surface area contributed by atoms with Crippen LogP contribution in [0.3, 0.4) is 0 Å². The molecule has 20 heavy (non-hydrogen) atoms. The van der Waals surface area contributed by atoms with Crippen LogP contribution < -0.4 is 10.1 Å². The Balaban J connectivity index is 2.00. The van der Waals surface area contributed by atoms with Gasteiger partial charge in [0.2, 0.25) is 0 Å². The second-order valence-corrected chi connectivity index (χ2v) is 4.36. The van der Waals surface area contributed by atoms with Gasteiger partial charge in [-0.3, -0.25) is 0 Å². The first kappa shape index (κ1) is 14.1. The van der Waals surface area contributed by atoms with Crippen molar-refractivity contribution in [3.8, 4) is 11.5 Å². The van der Waals surface area contributed by atoms with Crippen molar-refractivity contribution in [3.05, 3.63) is 54.1 Å². The molecule has 0 aromatic heterocycles. The zero-order valence-corrected chi connectivity index (χ0v) is 10.9. The molecular weight excluding hydrogens is 264 g/mol. The van der Waals surface area contributed by atoms with Crippen LogP contribution in [-0.2, 0) is 0 Å². The maximum atomic E-state index is 12.0. The summed E-state index contributed by atoms with van der Waals surface area (Å²) in [6.07, 6.45) is 0. The molecule has 0 amide bonds. The minimum atomic E-state index is -2.82. The van der Waals surface area contributed by atoms with Crippen molar-refractivity contribution in [1.82, 2.24) is 0 Å². The van der Waals surface area contributed by atoms with E-state index in [1.54, 1.807) is 24.3 Å². The van der Waals surface area contributed by atoms with Crippen LogP contribution in [0.25, 0.3) is 0 Å². The molecule has 3 nitrogen and oxygen atoms in total. The lowest BCUT2D eigenvalue weighted by Crippen LogP contribution is -2.06. The second kappa shape index (κ2) is 6.23. The maximum absolute atomic E-state index is 12.0. The number of ether oxygens (including phenoxy) is 1. The Morgan fingerprint density at radius 1 is 1.00 bits per heavy atom. The average molecular weight is 279 g/mol. The summed E-state index contributed by atoms with van der Waals surface area (Å²) in [5.41, 5.74) is 1.81. The maximum Gasteiger partial charge on any atom is 0.387 e. The molecule has 1 atom stereocenters. The summed E-state index contributed by atoms with van der Waals surface area (Å²) in [5, 5.41) is 12.5. The van der Waals surface area contributed by atoms with Crippen LogP contribution >= 0.6 is 0 Å². The topological polar surface area (TPSA) is 41.5 Å². The van der Waals surface area contributed by atoms with Gasteiger partial charge in [-0.15, -0.1) is 0 Å². The largest absolute Gasteiger partial charge is 0.508 e. The van der Waals surface area contributed by atoms with Gasteiger partial charge in [0.25, 0.3) is 0 Å². The Morgan fingerprint density at radius 2 is 1.60 bits per heavy atom. The van der Waals surface area contributed by atoms with E-state index in [1.807, 2.05) is 19.1 Å². The third-order valence-corrected chi connectivity index (χ3v) is 2.86. The fraction of sp³-hybridized carbons (Fsp3) is 0.200. The third kappa shape index (κ3) is 3.85. The lowest BCUT2D eigenvalue weighted by molar-refractivity contribution is -0.0498. The Morgan fingerprint density at radius 3 is 2.15 bits per heavy atom. The molecule has 2 aromatic carbocycles. The highest BCUT2D eigenvalue weighted by Crippen LogP contribution is 2.23. The Hall–Kier alpha value is -2.30. The number of anilines is 1. The molecule has 0 saturated heterocycles. The van der Waals surface area contributed by atoms with E-state index in [9.17, 15) is 13.9 Å². The number of benzene rings is 2. The zero-order chi connectivity index (χ0) is 14.5. The monoisotopic (exact) mass is 279 g/mol. The van der Waals surface area contributed by atoms with E-state index in [0.29, 0.717) is 0 Å². The number of aromatic hydroxyl groups is 1. The summed E-state index contributed by atoms with van der Waals surface area (Å²) in [7, 11) is 0. The summed E-state index contributed by atoms with van der Waals surface area (Å²) >= 11 is 0. The van der Waals surface area contributed by atoms with E-state index in [0.717, 1.165) is 11.3 Å². The van der Waals surface area contributed by atoms with Gasteiger partial charge in [-0.2, -0.15) is 8.78 Å². The number of alkyl halides is 2. The summed E-state index contributed by atoms with van der Waals surface area (Å²) < 4.78 is 28.3. The SMILES string of the molecule is CC(Nc1ccc(OC(F)F)cc1)c1ccc(O)cc1. The van der Waals surface area contributed by atoms with E-state index < -0.39 is 6.61 Å². The molecule has 106 valence electrons. The molecule has 1 unspecified atom stereocenters. The van der Waals surface area contributed by atoms with Crippen LogP contribution in [0.4, 0.5) is 14.5 Å². The van der Waals surface area contributed by atoms with Gasteiger partial charge in [0.1, 0.15) is 11.5 Å². The lowest BCUT2D eigenvalue weighted by Gasteiger charge is -2.16. The molecule has 0 aliphatic carbocycles.